The highest BCUT2D eigenvalue weighted by Crippen LogP contribution is 2.21. The summed E-state index contributed by atoms with van der Waals surface area (Å²) in [5.74, 6) is -3.32. The maximum atomic E-state index is 13.0. The number of rotatable bonds is 5. The summed E-state index contributed by atoms with van der Waals surface area (Å²) in [7, 11) is -3.91. The molecule has 1 heterocycles. The van der Waals surface area contributed by atoms with Crippen LogP contribution in [0.5, 0.6) is 0 Å². The first kappa shape index (κ1) is 15.5. The number of aromatic carboxylic acids is 1. The van der Waals surface area contributed by atoms with Gasteiger partial charge in [-0.2, -0.15) is 0 Å². The standard InChI is InChI=1S/C12H9F2NO4S2/c13-8-2-1-7(5-9(8)14)6-15-21(18,19)11-4-3-10(20-11)12(16)17/h1-5,15H,6H2,(H,16,17). The van der Waals surface area contributed by atoms with E-state index in [9.17, 15) is 22.0 Å². The van der Waals surface area contributed by atoms with Crippen LogP contribution < -0.4 is 4.72 Å². The van der Waals surface area contributed by atoms with E-state index in [4.69, 9.17) is 5.11 Å². The van der Waals surface area contributed by atoms with E-state index in [-0.39, 0.29) is 21.2 Å². The smallest absolute Gasteiger partial charge is 0.345 e. The largest absolute Gasteiger partial charge is 0.477 e. The van der Waals surface area contributed by atoms with Gasteiger partial charge < -0.3 is 5.11 Å². The SMILES string of the molecule is O=C(O)c1ccc(S(=O)(=O)NCc2ccc(F)c(F)c2)s1. The molecule has 2 N–H and O–H groups in total. The first-order chi connectivity index (χ1) is 9.79. The molecule has 0 aliphatic rings. The molecule has 0 unspecified atom stereocenters. The maximum absolute atomic E-state index is 13.0. The molecule has 0 saturated carbocycles. The monoisotopic (exact) mass is 333 g/mol. The van der Waals surface area contributed by atoms with Gasteiger partial charge >= 0.3 is 5.97 Å². The summed E-state index contributed by atoms with van der Waals surface area (Å²) in [6, 6.07) is 5.38. The molecule has 1 aromatic carbocycles. The number of carboxylic acid groups (broad SMARTS) is 1. The molecular formula is C12H9F2NO4S2. The second-order valence-electron chi connectivity index (χ2n) is 4.00. The summed E-state index contributed by atoms with van der Waals surface area (Å²) < 4.78 is 51.6. The lowest BCUT2D eigenvalue weighted by molar-refractivity contribution is 0.0702. The summed E-state index contributed by atoms with van der Waals surface area (Å²) in [5, 5.41) is 8.75. The van der Waals surface area contributed by atoms with Crippen molar-refractivity contribution in [1.29, 1.82) is 0 Å². The minimum absolute atomic E-state index is 0.108. The summed E-state index contributed by atoms with van der Waals surface area (Å²) >= 11 is 0.605. The molecule has 0 fully saturated rings. The number of carbonyl (C=O) groups is 1. The molecule has 2 rings (SSSR count). The van der Waals surface area contributed by atoms with Crippen LogP contribution in [-0.4, -0.2) is 19.5 Å². The average Bonchev–Trinajstić information content (AvgIpc) is 2.91. The number of thiophene rings is 1. The second kappa shape index (κ2) is 5.88. The fourth-order valence-electron chi connectivity index (χ4n) is 1.48. The van der Waals surface area contributed by atoms with E-state index in [1.807, 2.05) is 0 Å². The van der Waals surface area contributed by atoms with Crippen molar-refractivity contribution in [3.8, 4) is 0 Å². The zero-order valence-corrected chi connectivity index (χ0v) is 12.0. The van der Waals surface area contributed by atoms with Crippen molar-refractivity contribution < 1.29 is 27.1 Å². The molecule has 1 aromatic heterocycles. The average molecular weight is 333 g/mol. The Morgan fingerprint density at radius 2 is 1.90 bits per heavy atom. The van der Waals surface area contributed by atoms with Crippen molar-refractivity contribution >= 4 is 27.3 Å². The van der Waals surface area contributed by atoms with Gasteiger partial charge in [-0.15, -0.1) is 11.3 Å². The van der Waals surface area contributed by atoms with Crippen LogP contribution in [0.3, 0.4) is 0 Å². The van der Waals surface area contributed by atoms with Crippen molar-refractivity contribution in [3.63, 3.8) is 0 Å². The Morgan fingerprint density at radius 1 is 1.19 bits per heavy atom. The van der Waals surface area contributed by atoms with Gasteiger partial charge in [0.1, 0.15) is 9.09 Å². The molecule has 9 heteroatoms. The zero-order valence-electron chi connectivity index (χ0n) is 10.3. The number of carboxylic acids is 1. The molecule has 0 aliphatic heterocycles. The van der Waals surface area contributed by atoms with E-state index < -0.39 is 27.6 Å². The topological polar surface area (TPSA) is 83.5 Å². The summed E-state index contributed by atoms with van der Waals surface area (Å²) in [6.45, 7) is -0.236. The molecular weight excluding hydrogens is 324 g/mol. The van der Waals surface area contributed by atoms with Gasteiger partial charge in [-0.3, -0.25) is 0 Å². The number of benzene rings is 1. The summed E-state index contributed by atoms with van der Waals surface area (Å²) in [4.78, 5) is 10.6. The Kier molecular flexibility index (Phi) is 4.35. The van der Waals surface area contributed by atoms with E-state index in [1.165, 1.54) is 18.2 Å². The lowest BCUT2D eigenvalue weighted by Gasteiger charge is -2.05. The molecule has 0 radical (unpaired) electrons. The van der Waals surface area contributed by atoms with E-state index in [1.54, 1.807) is 0 Å². The molecule has 21 heavy (non-hydrogen) atoms. The van der Waals surface area contributed by atoms with Crippen molar-refractivity contribution in [3.05, 3.63) is 52.4 Å². The van der Waals surface area contributed by atoms with E-state index in [2.05, 4.69) is 4.72 Å². The van der Waals surface area contributed by atoms with Gasteiger partial charge in [0.2, 0.25) is 10.0 Å². The molecule has 0 saturated heterocycles. The predicted molar refractivity (Wildman–Crippen MR) is 71.7 cm³/mol. The fraction of sp³-hybridized carbons (Fsp3) is 0.0833. The van der Waals surface area contributed by atoms with Crippen molar-refractivity contribution in [2.24, 2.45) is 0 Å². The number of sulfonamides is 1. The van der Waals surface area contributed by atoms with Crippen LogP contribution in [0, 0.1) is 11.6 Å². The molecule has 0 spiro atoms. The normalized spacial score (nSPS) is 11.5. The van der Waals surface area contributed by atoms with Crippen LogP contribution in [0.1, 0.15) is 15.2 Å². The number of halogens is 2. The van der Waals surface area contributed by atoms with Gasteiger partial charge in [0.05, 0.1) is 0 Å². The van der Waals surface area contributed by atoms with E-state index >= 15 is 0 Å². The minimum atomic E-state index is -3.91. The van der Waals surface area contributed by atoms with Gasteiger partial charge in [-0.1, -0.05) is 6.07 Å². The Hall–Kier alpha value is -1.84. The third-order valence-electron chi connectivity index (χ3n) is 2.51. The summed E-state index contributed by atoms with van der Waals surface area (Å²) in [5.41, 5.74) is 0.243. The van der Waals surface area contributed by atoms with Gasteiger partial charge in [0.15, 0.2) is 11.6 Å². The van der Waals surface area contributed by atoms with Crippen LogP contribution in [0.25, 0.3) is 0 Å². The third kappa shape index (κ3) is 3.63. The number of nitrogens with one attached hydrogen (secondary N) is 1. The summed E-state index contributed by atoms with van der Waals surface area (Å²) in [6.07, 6.45) is 0. The Bertz CT molecular complexity index is 786. The Morgan fingerprint density at radius 3 is 2.48 bits per heavy atom. The van der Waals surface area contributed by atoms with Gasteiger partial charge in [-0.25, -0.2) is 26.7 Å². The highest BCUT2D eigenvalue weighted by atomic mass is 32.2. The molecule has 2 aromatic rings. The highest BCUT2D eigenvalue weighted by Gasteiger charge is 2.18. The quantitative estimate of drug-likeness (QED) is 0.879. The van der Waals surface area contributed by atoms with E-state index in [0.717, 1.165) is 12.1 Å². The van der Waals surface area contributed by atoms with Crippen LogP contribution in [0.2, 0.25) is 0 Å². The van der Waals surface area contributed by atoms with Crippen LogP contribution in [-0.2, 0) is 16.6 Å². The first-order valence-electron chi connectivity index (χ1n) is 5.56. The van der Waals surface area contributed by atoms with Crippen molar-refractivity contribution in [2.45, 2.75) is 10.8 Å². The van der Waals surface area contributed by atoms with Gasteiger partial charge in [0.25, 0.3) is 0 Å². The van der Waals surface area contributed by atoms with Crippen molar-refractivity contribution in [1.82, 2.24) is 4.72 Å². The molecule has 0 atom stereocenters. The number of hydrogen-bond donors (Lipinski definition) is 2. The van der Waals surface area contributed by atoms with Crippen LogP contribution in [0.15, 0.2) is 34.5 Å². The highest BCUT2D eigenvalue weighted by molar-refractivity contribution is 7.91. The second-order valence-corrected chi connectivity index (χ2v) is 7.07. The molecule has 0 bridgehead atoms. The van der Waals surface area contributed by atoms with Crippen LogP contribution >= 0.6 is 11.3 Å². The van der Waals surface area contributed by atoms with E-state index in [0.29, 0.717) is 11.3 Å². The number of hydrogen-bond acceptors (Lipinski definition) is 4. The van der Waals surface area contributed by atoms with Gasteiger partial charge in [-0.05, 0) is 29.8 Å². The minimum Gasteiger partial charge on any atom is -0.477 e. The third-order valence-corrected chi connectivity index (χ3v) is 5.47. The Labute approximate surface area is 122 Å². The fourth-order valence-corrected chi connectivity index (χ4v) is 3.69. The lowest BCUT2D eigenvalue weighted by atomic mass is 10.2. The zero-order chi connectivity index (χ0) is 15.6. The lowest BCUT2D eigenvalue weighted by Crippen LogP contribution is -2.22. The molecule has 5 nitrogen and oxygen atoms in total. The molecule has 0 aliphatic carbocycles. The molecule has 0 amide bonds. The van der Waals surface area contributed by atoms with Gasteiger partial charge in [0, 0.05) is 6.54 Å². The molecule has 112 valence electrons. The van der Waals surface area contributed by atoms with Crippen molar-refractivity contribution in [2.75, 3.05) is 0 Å². The first-order valence-corrected chi connectivity index (χ1v) is 7.86. The van der Waals surface area contributed by atoms with Crippen LogP contribution in [0.4, 0.5) is 8.78 Å². The maximum Gasteiger partial charge on any atom is 0.345 e. The Balaban J connectivity index is 2.13. The predicted octanol–water partition coefficient (Wildman–Crippen LogP) is 2.20.